The van der Waals surface area contributed by atoms with E-state index >= 15 is 0 Å². The molecule has 0 saturated heterocycles. The van der Waals surface area contributed by atoms with Gasteiger partial charge in [-0.05, 0) is 0 Å². The van der Waals surface area contributed by atoms with Crippen LogP contribution in [0.15, 0.2) is 12.3 Å². The Kier molecular flexibility index (Phi) is 5.37. The van der Waals surface area contributed by atoms with E-state index in [2.05, 4.69) is 10.3 Å². The molecule has 0 fully saturated rings. The first-order valence-corrected chi connectivity index (χ1v) is 5.52. The standard InChI is InChI=1S/C11H12N4O5/c1-20-3-2-8(11(16)17)14-10-9(15(18)19)4-7(5-12)6-13-10/h4,6,8H,2-3H2,1H3,(H,13,14)(H,16,17). The molecule has 0 amide bonds. The van der Waals surface area contributed by atoms with Gasteiger partial charge in [-0.15, -0.1) is 0 Å². The molecule has 1 heterocycles. The number of nitrogens with zero attached hydrogens (tertiary/aromatic N) is 3. The van der Waals surface area contributed by atoms with Crippen molar-refractivity contribution in [1.29, 1.82) is 5.26 Å². The van der Waals surface area contributed by atoms with Crippen LogP contribution < -0.4 is 5.32 Å². The van der Waals surface area contributed by atoms with Crippen molar-refractivity contribution in [3.63, 3.8) is 0 Å². The third-order valence-corrected chi connectivity index (χ3v) is 2.41. The smallest absolute Gasteiger partial charge is 0.326 e. The number of carboxylic acid groups (broad SMARTS) is 1. The first-order chi connectivity index (χ1) is 9.49. The highest BCUT2D eigenvalue weighted by Gasteiger charge is 2.23. The molecule has 0 bridgehead atoms. The zero-order valence-corrected chi connectivity index (χ0v) is 10.6. The van der Waals surface area contributed by atoms with Crippen LogP contribution in [0.1, 0.15) is 12.0 Å². The Morgan fingerprint density at radius 1 is 1.75 bits per heavy atom. The van der Waals surface area contributed by atoms with Crippen LogP contribution >= 0.6 is 0 Å². The Bertz CT molecular complexity index is 554. The third kappa shape index (κ3) is 3.89. The van der Waals surface area contributed by atoms with E-state index < -0.39 is 22.6 Å². The largest absolute Gasteiger partial charge is 0.480 e. The number of carboxylic acids is 1. The predicted octanol–water partition coefficient (Wildman–Crippen LogP) is 0.763. The quantitative estimate of drug-likeness (QED) is 0.551. The summed E-state index contributed by atoms with van der Waals surface area (Å²) in [5.41, 5.74) is -0.432. The molecule has 1 rings (SSSR count). The van der Waals surface area contributed by atoms with Crippen LogP contribution in [0.3, 0.4) is 0 Å². The summed E-state index contributed by atoms with van der Waals surface area (Å²) < 4.78 is 4.77. The van der Waals surface area contributed by atoms with Crippen LogP contribution in [0.2, 0.25) is 0 Å². The fourth-order valence-corrected chi connectivity index (χ4v) is 1.42. The molecule has 9 nitrogen and oxygen atoms in total. The van der Waals surface area contributed by atoms with E-state index in [0.717, 1.165) is 12.3 Å². The van der Waals surface area contributed by atoms with Crippen molar-refractivity contribution in [3.05, 3.63) is 27.9 Å². The highest BCUT2D eigenvalue weighted by molar-refractivity contribution is 5.78. The Labute approximate surface area is 114 Å². The number of aliphatic carboxylic acids is 1. The van der Waals surface area contributed by atoms with E-state index in [9.17, 15) is 14.9 Å². The second-order valence-electron chi connectivity index (χ2n) is 3.78. The van der Waals surface area contributed by atoms with E-state index in [1.54, 1.807) is 6.07 Å². The molecule has 0 aliphatic rings. The van der Waals surface area contributed by atoms with Gasteiger partial charge in [-0.1, -0.05) is 0 Å². The zero-order chi connectivity index (χ0) is 15.1. The molecule has 1 atom stereocenters. The van der Waals surface area contributed by atoms with Gasteiger partial charge in [0.2, 0.25) is 5.82 Å². The van der Waals surface area contributed by atoms with Crippen molar-refractivity contribution in [3.8, 4) is 6.07 Å². The molecule has 0 radical (unpaired) electrons. The van der Waals surface area contributed by atoms with Crippen molar-refractivity contribution in [1.82, 2.24) is 4.98 Å². The third-order valence-electron chi connectivity index (χ3n) is 2.41. The SMILES string of the molecule is COCCC(Nc1ncc(C#N)cc1[N+](=O)[O-])C(=O)O. The van der Waals surface area contributed by atoms with Crippen LogP contribution in [0.5, 0.6) is 0 Å². The van der Waals surface area contributed by atoms with Gasteiger partial charge in [-0.3, -0.25) is 10.1 Å². The molecular weight excluding hydrogens is 268 g/mol. The topological polar surface area (TPSA) is 138 Å². The van der Waals surface area contributed by atoms with Gasteiger partial charge in [-0.25, -0.2) is 9.78 Å². The predicted molar refractivity (Wildman–Crippen MR) is 67.1 cm³/mol. The molecule has 0 spiro atoms. The summed E-state index contributed by atoms with van der Waals surface area (Å²) in [6.07, 6.45) is 1.25. The summed E-state index contributed by atoms with van der Waals surface area (Å²) in [6.45, 7) is 0.175. The number of nitro groups is 1. The van der Waals surface area contributed by atoms with Gasteiger partial charge in [-0.2, -0.15) is 5.26 Å². The van der Waals surface area contributed by atoms with Crippen LogP contribution in [-0.2, 0) is 9.53 Å². The second kappa shape index (κ2) is 7.01. The average molecular weight is 280 g/mol. The van der Waals surface area contributed by atoms with E-state index in [1.165, 1.54) is 7.11 Å². The highest BCUT2D eigenvalue weighted by Crippen LogP contribution is 2.23. The molecule has 1 unspecified atom stereocenters. The average Bonchev–Trinajstić information content (AvgIpc) is 2.42. The Morgan fingerprint density at radius 2 is 2.45 bits per heavy atom. The maximum atomic E-state index is 11.0. The summed E-state index contributed by atoms with van der Waals surface area (Å²) in [6, 6.07) is 1.69. The van der Waals surface area contributed by atoms with Gasteiger partial charge in [0.05, 0.1) is 10.5 Å². The van der Waals surface area contributed by atoms with E-state index in [-0.39, 0.29) is 24.4 Å². The minimum Gasteiger partial charge on any atom is -0.480 e. The van der Waals surface area contributed by atoms with E-state index in [0.29, 0.717) is 0 Å². The second-order valence-corrected chi connectivity index (χ2v) is 3.78. The van der Waals surface area contributed by atoms with Gasteiger partial charge in [0.1, 0.15) is 12.1 Å². The Balaban J connectivity index is 3.03. The number of methoxy groups -OCH3 is 1. The lowest BCUT2D eigenvalue weighted by Gasteiger charge is -2.14. The molecule has 0 aliphatic carbocycles. The minimum absolute atomic E-state index is 0.0195. The van der Waals surface area contributed by atoms with Crippen molar-refractivity contribution < 1.29 is 19.6 Å². The van der Waals surface area contributed by atoms with Gasteiger partial charge in [0, 0.05) is 32.4 Å². The van der Waals surface area contributed by atoms with Crippen molar-refractivity contribution in [2.75, 3.05) is 19.0 Å². The zero-order valence-electron chi connectivity index (χ0n) is 10.6. The number of aromatic nitrogens is 1. The van der Waals surface area contributed by atoms with Crippen molar-refractivity contribution >= 4 is 17.5 Å². The summed E-state index contributed by atoms with van der Waals surface area (Å²) >= 11 is 0. The minimum atomic E-state index is -1.18. The van der Waals surface area contributed by atoms with Crippen LogP contribution in [-0.4, -0.2) is 40.7 Å². The maximum Gasteiger partial charge on any atom is 0.326 e. The molecule has 0 saturated carbocycles. The maximum absolute atomic E-state index is 11.0. The van der Waals surface area contributed by atoms with E-state index in [1.807, 2.05) is 0 Å². The molecule has 0 aliphatic heterocycles. The van der Waals surface area contributed by atoms with Crippen LogP contribution in [0.4, 0.5) is 11.5 Å². The van der Waals surface area contributed by atoms with Gasteiger partial charge in [0.15, 0.2) is 0 Å². The first-order valence-electron chi connectivity index (χ1n) is 5.52. The monoisotopic (exact) mass is 280 g/mol. The molecule has 2 N–H and O–H groups in total. The van der Waals surface area contributed by atoms with Crippen LogP contribution in [0.25, 0.3) is 0 Å². The van der Waals surface area contributed by atoms with E-state index in [4.69, 9.17) is 15.1 Å². The number of hydrogen-bond acceptors (Lipinski definition) is 7. The van der Waals surface area contributed by atoms with Gasteiger partial charge in [0.25, 0.3) is 0 Å². The summed E-state index contributed by atoms with van der Waals surface area (Å²) in [5, 5.41) is 31.1. The number of pyridine rings is 1. The number of nitrogens with one attached hydrogen (secondary N) is 1. The lowest BCUT2D eigenvalue weighted by molar-refractivity contribution is -0.384. The molecule has 20 heavy (non-hydrogen) atoms. The van der Waals surface area contributed by atoms with Gasteiger partial charge >= 0.3 is 11.7 Å². The molecule has 1 aromatic rings. The number of hydrogen-bond donors (Lipinski definition) is 2. The Morgan fingerprint density at radius 3 is 2.95 bits per heavy atom. The fraction of sp³-hybridized carbons (Fsp3) is 0.364. The summed E-state index contributed by atoms with van der Waals surface area (Å²) in [7, 11) is 1.42. The van der Waals surface area contributed by atoms with Crippen LogP contribution in [0, 0.1) is 21.4 Å². The van der Waals surface area contributed by atoms with Gasteiger partial charge < -0.3 is 15.2 Å². The molecular formula is C11H12N4O5. The van der Waals surface area contributed by atoms with Crippen molar-refractivity contribution in [2.45, 2.75) is 12.5 Å². The first kappa shape index (κ1) is 15.3. The molecule has 9 heteroatoms. The lowest BCUT2D eigenvalue weighted by Crippen LogP contribution is -2.31. The summed E-state index contributed by atoms with van der Waals surface area (Å²) in [4.78, 5) is 24.9. The molecule has 0 aromatic carbocycles. The van der Waals surface area contributed by atoms with Crippen molar-refractivity contribution in [2.24, 2.45) is 0 Å². The number of anilines is 1. The molecule has 106 valence electrons. The Hall–Kier alpha value is -2.73. The number of ether oxygens (including phenoxy) is 1. The highest BCUT2D eigenvalue weighted by atomic mass is 16.6. The fourth-order valence-electron chi connectivity index (χ4n) is 1.42. The molecule has 1 aromatic heterocycles. The summed E-state index contributed by atoms with van der Waals surface area (Å²) in [5.74, 6) is -1.37. The number of carbonyl (C=O) groups is 1. The number of nitriles is 1. The normalized spacial score (nSPS) is 11.4. The number of rotatable bonds is 7. The lowest BCUT2D eigenvalue weighted by atomic mass is 10.2.